The van der Waals surface area contributed by atoms with Gasteiger partial charge in [-0.15, -0.1) is 0 Å². The second-order valence-corrected chi connectivity index (χ2v) is 6.54. The zero-order chi connectivity index (χ0) is 26.6. The molecule has 0 bridgehead atoms. The molecule has 0 spiro atoms. The molecule has 196 valence electrons. The first-order valence-electron chi connectivity index (χ1n) is 10.2. The number of esters is 2. The van der Waals surface area contributed by atoms with Crippen molar-refractivity contribution in [1.29, 1.82) is 0 Å². The van der Waals surface area contributed by atoms with Crippen LogP contribution in [-0.4, -0.2) is 78.5 Å². The Labute approximate surface area is 200 Å². The van der Waals surface area contributed by atoms with Crippen LogP contribution in [0, 0.1) is 20.2 Å². The van der Waals surface area contributed by atoms with Gasteiger partial charge in [0.05, 0.1) is 13.2 Å². The highest BCUT2D eigenvalue weighted by Gasteiger charge is 2.12. The molecule has 0 aromatic rings. The minimum atomic E-state index is -0.838. The van der Waals surface area contributed by atoms with Gasteiger partial charge in [0.2, 0.25) is 0 Å². The lowest BCUT2D eigenvalue weighted by Crippen LogP contribution is -2.36. The summed E-state index contributed by atoms with van der Waals surface area (Å²) in [7, 11) is 0. The highest BCUT2D eigenvalue weighted by Crippen LogP contribution is 1.95. The van der Waals surface area contributed by atoms with Gasteiger partial charge in [-0.1, -0.05) is 10.9 Å². The maximum Gasteiger partial charge on any atom is 0.330 e. The lowest BCUT2D eigenvalue weighted by molar-refractivity contribution is -0.525. The van der Waals surface area contributed by atoms with Crippen molar-refractivity contribution in [2.75, 3.05) is 26.3 Å². The van der Waals surface area contributed by atoms with Crippen molar-refractivity contribution in [2.24, 2.45) is 26.4 Å². The van der Waals surface area contributed by atoms with Crippen LogP contribution in [0.25, 0.3) is 0 Å². The van der Waals surface area contributed by atoms with Crippen LogP contribution >= 0.6 is 0 Å². The predicted octanol–water partition coefficient (Wildman–Crippen LogP) is -2.00. The third kappa shape index (κ3) is 17.7. The minimum absolute atomic E-state index is 0.0421. The van der Waals surface area contributed by atoms with Gasteiger partial charge in [0.1, 0.15) is 12.1 Å². The summed E-state index contributed by atoms with van der Waals surface area (Å²) >= 11 is 0. The molecule has 0 fully saturated rings. The Morgan fingerprint density at radius 2 is 1.43 bits per heavy atom. The third-order valence-corrected chi connectivity index (χ3v) is 3.60. The number of hydrogen-bond donors (Lipinski definition) is 5. The second kappa shape index (κ2) is 18.0. The number of allylic oxidation sites excluding steroid dienone is 1. The number of ether oxygens (including phenoxy) is 2. The molecule has 0 aromatic carbocycles. The smallest absolute Gasteiger partial charge is 0.330 e. The molecule has 0 radical (unpaired) electrons. The van der Waals surface area contributed by atoms with Crippen LogP contribution in [0.2, 0.25) is 0 Å². The summed E-state index contributed by atoms with van der Waals surface area (Å²) in [6.07, 6.45) is 4.93. The van der Waals surface area contributed by atoms with E-state index in [1.54, 1.807) is 17.8 Å². The molecule has 18 heteroatoms. The molecule has 0 aromatic heterocycles. The number of nitrogens with one attached hydrogen (secondary N) is 3. The van der Waals surface area contributed by atoms with Crippen LogP contribution in [0.15, 0.2) is 27.3 Å². The Bertz CT molecular complexity index is 830. The maximum atomic E-state index is 11.9. The van der Waals surface area contributed by atoms with Gasteiger partial charge < -0.3 is 26.3 Å². The summed E-state index contributed by atoms with van der Waals surface area (Å²) in [6.45, 7) is 3.48. The summed E-state index contributed by atoms with van der Waals surface area (Å²) in [4.78, 5) is 55.3. The van der Waals surface area contributed by atoms with Gasteiger partial charge in [-0.25, -0.2) is 39.8 Å². The zero-order valence-corrected chi connectivity index (χ0v) is 19.3. The van der Waals surface area contributed by atoms with Crippen LogP contribution in [-0.2, 0) is 19.1 Å². The van der Waals surface area contributed by atoms with Gasteiger partial charge in [0, 0.05) is 32.1 Å². The summed E-state index contributed by atoms with van der Waals surface area (Å²) in [5.41, 5.74) is 13.9. The number of hydrazine groups is 2. The number of guanidine groups is 2. The van der Waals surface area contributed by atoms with E-state index in [9.17, 15) is 29.8 Å². The van der Waals surface area contributed by atoms with E-state index in [0.29, 0.717) is 12.8 Å². The van der Waals surface area contributed by atoms with Crippen molar-refractivity contribution in [1.82, 2.24) is 16.2 Å². The molecule has 0 unspecified atom stereocenters. The molecule has 0 aliphatic rings. The number of nitro groups is 2. The van der Waals surface area contributed by atoms with E-state index < -0.39 is 34.1 Å². The molecular formula is C17H30N10O8. The van der Waals surface area contributed by atoms with Crippen molar-refractivity contribution in [2.45, 2.75) is 38.8 Å². The van der Waals surface area contributed by atoms with Crippen molar-refractivity contribution >= 4 is 30.1 Å². The Hall–Kier alpha value is -4.51. The van der Waals surface area contributed by atoms with E-state index in [-0.39, 0.29) is 38.2 Å². The van der Waals surface area contributed by atoms with Crippen LogP contribution < -0.4 is 27.6 Å². The second-order valence-electron chi connectivity index (χ2n) is 6.54. The van der Waals surface area contributed by atoms with E-state index in [1.807, 2.05) is 0 Å². The Kier molecular flexibility index (Phi) is 15.7. The number of aliphatic imine (C=N–C) groups is 3. The van der Waals surface area contributed by atoms with Gasteiger partial charge in [-0.2, -0.15) is 0 Å². The molecule has 18 nitrogen and oxygen atoms in total. The molecule has 0 aliphatic heterocycles. The molecule has 35 heavy (non-hydrogen) atoms. The molecular weight excluding hydrogens is 472 g/mol. The topological polar surface area (TPSA) is 264 Å². The van der Waals surface area contributed by atoms with Gasteiger partial charge in [-0.3, -0.25) is 4.99 Å². The number of carbonyl (C=O) groups is 2. The van der Waals surface area contributed by atoms with Crippen LogP contribution in [0.1, 0.15) is 26.7 Å². The summed E-state index contributed by atoms with van der Waals surface area (Å²) in [5, 5.41) is 21.4. The summed E-state index contributed by atoms with van der Waals surface area (Å²) in [6, 6.07) is -1.44. The fraction of sp³-hybridized carbons (Fsp3) is 0.588. The molecule has 2 atom stereocenters. The first-order chi connectivity index (χ1) is 16.5. The average molecular weight is 502 g/mol. The van der Waals surface area contributed by atoms with Crippen molar-refractivity contribution in [3.8, 4) is 0 Å². The van der Waals surface area contributed by atoms with E-state index in [0.717, 1.165) is 0 Å². The number of rotatable bonds is 16. The van der Waals surface area contributed by atoms with E-state index in [4.69, 9.17) is 20.9 Å². The molecule has 0 heterocycles. The van der Waals surface area contributed by atoms with Gasteiger partial charge in [-0.05, 0) is 26.1 Å². The molecule has 0 saturated carbocycles. The first-order valence-corrected chi connectivity index (χ1v) is 10.2. The van der Waals surface area contributed by atoms with Gasteiger partial charge in [0.15, 0.2) is 10.1 Å². The average Bonchev–Trinajstić information content (AvgIpc) is 2.76. The van der Waals surface area contributed by atoms with Crippen molar-refractivity contribution in [3.63, 3.8) is 0 Å². The van der Waals surface area contributed by atoms with Crippen LogP contribution in [0.4, 0.5) is 0 Å². The van der Waals surface area contributed by atoms with Crippen LogP contribution in [0.5, 0.6) is 0 Å². The standard InChI is InChI=1S/C17H30N10O8/c1-12(14(28)34-10-4-8-22-16(18)24-26(30)31)20-6-3-7-21-13(2)15(29)35-11-5-9-23-17(19)25-27(32)33/h3,6-7,12-13,20H,4-5,8-11H2,1-2H3,(H3,18,22,24)(H3,19,23,25)/b6-3+,21-7?/t12-,13-/m0/s1. The normalized spacial score (nSPS) is 13.8. The third-order valence-electron chi connectivity index (χ3n) is 3.60. The maximum absolute atomic E-state index is 11.9. The fourth-order valence-electron chi connectivity index (χ4n) is 1.93. The SMILES string of the molecule is C[C@H](N=C/C=C/N[C@@H](C)C(=O)OCCCN=C(N)N[N+](=O)[O-])C(=O)OCCCN=C(N)N[N+](=O)[O-]. The monoisotopic (exact) mass is 502 g/mol. The highest BCUT2D eigenvalue weighted by atomic mass is 16.7. The Morgan fingerprint density at radius 3 is 1.91 bits per heavy atom. The Balaban J connectivity index is 4.07. The van der Waals surface area contributed by atoms with Crippen molar-refractivity contribution in [3.05, 3.63) is 32.5 Å². The van der Waals surface area contributed by atoms with E-state index >= 15 is 0 Å². The van der Waals surface area contributed by atoms with Gasteiger partial charge >= 0.3 is 11.9 Å². The first kappa shape index (κ1) is 30.5. The molecule has 7 N–H and O–H groups in total. The number of carbonyl (C=O) groups excluding carboxylic acids is 2. The molecule has 0 saturated heterocycles. The quantitative estimate of drug-likeness (QED) is 0.0382. The van der Waals surface area contributed by atoms with E-state index in [1.165, 1.54) is 25.4 Å². The Morgan fingerprint density at radius 1 is 0.943 bits per heavy atom. The summed E-state index contributed by atoms with van der Waals surface area (Å²) < 4.78 is 10.0. The van der Waals surface area contributed by atoms with Gasteiger partial charge in [0.25, 0.3) is 11.9 Å². The lowest BCUT2D eigenvalue weighted by Gasteiger charge is -2.11. The molecule has 0 aliphatic carbocycles. The van der Waals surface area contributed by atoms with E-state index in [2.05, 4.69) is 20.3 Å². The zero-order valence-electron chi connectivity index (χ0n) is 19.3. The van der Waals surface area contributed by atoms with Crippen LogP contribution in [0.3, 0.4) is 0 Å². The minimum Gasteiger partial charge on any atom is -0.464 e. The summed E-state index contributed by atoms with van der Waals surface area (Å²) in [5.74, 6) is -1.78. The number of hydrogen-bond acceptors (Lipinski definition) is 12. The lowest BCUT2D eigenvalue weighted by atomic mass is 10.3. The van der Waals surface area contributed by atoms with Crippen molar-refractivity contribution < 1.29 is 29.1 Å². The molecule has 0 rings (SSSR count). The largest absolute Gasteiger partial charge is 0.464 e. The predicted molar refractivity (Wildman–Crippen MR) is 124 cm³/mol. The number of nitrogens with zero attached hydrogens (tertiary/aromatic N) is 5. The highest BCUT2D eigenvalue weighted by molar-refractivity contribution is 5.80. The number of nitrogens with two attached hydrogens (primary N) is 2. The fourth-order valence-corrected chi connectivity index (χ4v) is 1.93. The molecule has 0 amide bonds.